The van der Waals surface area contributed by atoms with Crippen molar-refractivity contribution in [1.29, 1.82) is 0 Å². The van der Waals surface area contributed by atoms with Crippen LogP contribution in [0.5, 0.6) is 0 Å². The van der Waals surface area contributed by atoms with Crippen LogP contribution >= 0.6 is 0 Å². The highest BCUT2D eigenvalue weighted by Crippen LogP contribution is 2.13. The van der Waals surface area contributed by atoms with E-state index >= 15 is 0 Å². The summed E-state index contributed by atoms with van der Waals surface area (Å²) >= 11 is 0. The summed E-state index contributed by atoms with van der Waals surface area (Å²) in [4.78, 5) is 11.8. The Hall–Kier alpha value is -1.43. The molecule has 1 rings (SSSR count). The van der Waals surface area contributed by atoms with Crippen molar-refractivity contribution in [1.82, 2.24) is 15.0 Å². The minimum atomic E-state index is -0.559. The van der Waals surface area contributed by atoms with Crippen molar-refractivity contribution in [3.8, 4) is 0 Å². The molecule has 0 amide bonds. The zero-order valence-electron chi connectivity index (χ0n) is 11.6. The van der Waals surface area contributed by atoms with Crippen molar-refractivity contribution < 1.29 is 14.6 Å². The van der Waals surface area contributed by atoms with Gasteiger partial charge in [0.25, 0.3) is 0 Å². The van der Waals surface area contributed by atoms with Crippen LogP contribution in [0.2, 0.25) is 0 Å². The fourth-order valence-corrected chi connectivity index (χ4v) is 1.38. The smallest absolute Gasteiger partial charge is 0.361 e. The molecule has 0 aromatic carbocycles. The van der Waals surface area contributed by atoms with Crippen LogP contribution in [0.3, 0.4) is 0 Å². The molecule has 0 bridgehead atoms. The molecule has 0 aliphatic carbocycles. The molecule has 1 atom stereocenters. The maximum atomic E-state index is 11.8. The summed E-state index contributed by atoms with van der Waals surface area (Å²) in [5, 5.41) is 17.2. The van der Waals surface area contributed by atoms with Gasteiger partial charge in [-0.2, -0.15) is 0 Å². The summed E-state index contributed by atoms with van der Waals surface area (Å²) in [5.41, 5.74) is 0.251. The third-order valence-electron chi connectivity index (χ3n) is 2.43. The number of rotatable bonds is 4. The van der Waals surface area contributed by atoms with Crippen molar-refractivity contribution in [3.05, 3.63) is 11.4 Å². The van der Waals surface area contributed by atoms with Crippen molar-refractivity contribution in [2.75, 3.05) is 0 Å². The van der Waals surface area contributed by atoms with Gasteiger partial charge < -0.3 is 9.84 Å². The second kappa shape index (κ2) is 5.48. The van der Waals surface area contributed by atoms with E-state index in [0.29, 0.717) is 18.7 Å². The average Bonchev–Trinajstić information content (AvgIpc) is 2.58. The van der Waals surface area contributed by atoms with Gasteiger partial charge in [-0.25, -0.2) is 9.48 Å². The average molecular weight is 255 g/mol. The summed E-state index contributed by atoms with van der Waals surface area (Å²) in [6.45, 7) is 9.34. The molecular weight excluding hydrogens is 234 g/mol. The van der Waals surface area contributed by atoms with Gasteiger partial charge in [-0.1, -0.05) is 12.1 Å². The molecular formula is C12H21N3O3. The summed E-state index contributed by atoms with van der Waals surface area (Å²) in [5.74, 6) is -0.489. The van der Waals surface area contributed by atoms with Gasteiger partial charge in [0, 0.05) is 0 Å². The van der Waals surface area contributed by atoms with Gasteiger partial charge in [-0.3, -0.25) is 0 Å². The van der Waals surface area contributed by atoms with Gasteiger partial charge in [0.15, 0.2) is 5.69 Å². The molecule has 0 aliphatic heterocycles. The van der Waals surface area contributed by atoms with E-state index in [9.17, 15) is 9.90 Å². The Morgan fingerprint density at radius 3 is 2.61 bits per heavy atom. The van der Waals surface area contributed by atoms with Crippen molar-refractivity contribution >= 4 is 5.97 Å². The van der Waals surface area contributed by atoms with Crippen molar-refractivity contribution in [2.45, 2.75) is 59.3 Å². The lowest BCUT2D eigenvalue weighted by Crippen LogP contribution is -2.24. The normalized spacial score (nSPS) is 13.4. The van der Waals surface area contributed by atoms with Gasteiger partial charge in [0.05, 0.1) is 18.3 Å². The molecule has 0 saturated carbocycles. The lowest BCUT2D eigenvalue weighted by Gasteiger charge is -2.18. The summed E-state index contributed by atoms with van der Waals surface area (Å²) in [7, 11) is 0. The Labute approximate surface area is 107 Å². The molecule has 0 spiro atoms. The highest BCUT2D eigenvalue weighted by Gasteiger charge is 2.23. The maximum absolute atomic E-state index is 11.8. The van der Waals surface area contributed by atoms with E-state index < -0.39 is 17.7 Å². The number of aromatic nitrogens is 3. The molecule has 0 aliphatic rings. The van der Waals surface area contributed by atoms with E-state index in [0.717, 1.165) is 0 Å². The molecule has 1 heterocycles. The number of hydrogen-bond acceptors (Lipinski definition) is 5. The molecule has 0 fully saturated rings. The monoisotopic (exact) mass is 255 g/mol. The molecule has 6 nitrogen and oxygen atoms in total. The van der Waals surface area contributed by atoms with E-state index in [1.54, 1.807) is 27.7 Å². The molecule has 0 saturated heterocycles. The quantitative estimate of drug-likeness (QED) is 0.821. The second-order valence-electron chi connectivity index (χ2n) is 5.27. The number of carbonyl (C=O) groups is 1. The fraction of sp³-hybridized carbons (Fsp3) is 0.750. The topological polar surface area (TPSA) is 77.2 Å². The third kappa shape index (κ3) is 3.80. The summed E-state index contributed by atoms with van der Waals surface area (Å²) in [6, 6.07) is 0. The van der Waals surface area contributed by atoms with E-state index in [1.165, 1.54) is 4.68 Å². The lowest BCUT2D eigenvalue weighted by atomic mass is 10.2. The number of nitrogens with zero attached hydrogens (tertiary/aromatic N) is 3. The zero-order valence-corrected chi connectivity index (χ0v) is 11.6. The SMILES string of the molecule is CCC(O)Cn1nnc(C(=O)OC(C)(C)C)c1C. The molecule has 1 aromatic heterocycles. The minimum absolute atomic E-state index is 0.202. The third-order valence-corrected chi connectivity index (χ3v) is 2.43. The van der Waals surface area contributed by atoms with Crippen LogP contribution in [-0.2, 0) is 11.3 Å². The van der Waals surface area contributed by atoms with E-state index in [2.05, 4.69) is 10.3 Å². The van der Waals surface area contributed by atoms with Crippen LogP contribution in [0.1, 0.15) is 50.3 Å². The molecule has 102 valence electrons. The molecule has 6 heteroatoms. The van der Waals surface area contributed by atoms with E-state index in [-0.39, 0.29) is 5.69 Å². The first-order chi connectivity index (χ1) is 8.24. The first kappa shape index (κ1) is 14.6. The standard InChI is InChI=1S/C12H21N3O3/c1-6-9(16)7-15-8(2)10(13-14-15)11(17)18-12(3,4)5/h9,16H,6-7H2,1-5H3. The number of aliphatic hydroxyl groups is 1. The maximum Gasteiger partial charge on any atom is 0.361 e. The van der Waals surface area contributed by atoms with Crippen LogP contribution in [-0.4, -0.2) is 37.8 Å². The highest BCUT2D eigenvalue weighted by atomic mass is 16.6. The van der Waals surface area contributed by atoms with Crippen LogP contribution in [0.4, 0.5) is 0 Å². The van der Waals surface area contributed by atoms with Gasteiger partial charge >= 0.3 is 5.97 Å². The molecule has 18 heavy (non-hydrogen) atoms. The molecule has 1 N–H and O–H groups in total. The predicted molar refractivity (Wildman–Crippen MR) is 66.2 cm³/mol. The van der Waals surface area contributed by atoms with Gasteiger partial charge in [0.1, 0.15) is 5.60 Å². The Kier molecular flexibility index (Phi) is 4.45. The zero-order chi connectivity index (χ0) is 13.9. The second-order valence-corrected chi connectivity index (χ2v) is 5.27. The van der Waals surface area contributed by atoms with Crippen LogP contribution < -0.4 is 0 Å². The largest absolute Gasteiger partial charge is 0.455 e. The number of carbonyl (C=O) groups excluding carboxylic acids is 1. The predicted octanol–water partition coefficient (Wildman–Crippen LogP) is 1.31. The molecule has 0 radical (unpaired) electrons. The molecule has 1 unspecified atom stereocenters. The number of aliphatic hydroxyl groups excluding tert-OH is 1. The van der Waals surface area contributed by atoms with E-state index in [4.69, 9.17) is 4.74 Å². The Morgan fingerprint density at radius 1 is 1.50 bits per heavy atom. The van der Waals surface area contributed by atoms with Crippen molar-refractivity contribution in [3.63, 3.8) is 0 Å². The number of hydrogen-bond donors (Lipinski definition) is 1. The van der Waals surface area contributed by atoms with Gasteiger partial charge in [0.2, 0.25) is 0 Å². The van der Waals surface area contributed by atoms with Gasteiger partial charge in [-0.05, 0) is 34.1 Å². The Bertz CT molecular complexity index is 421. The number of esters is 1. The van der Waals surface area contributed by atoms with Crippen molar-refractivity contribution in [2.24, 2.45) is 0 Å². The Balaban J connectivity index is 2.83. The first-order valence-electron chi connectivity index (χ1n) is 6.06. The fourth-order valence-electron chi connectivity index (χ4n) is 1.38. The highest BCUT2D eigenvalue weighted by molar-refractivity contribution is 5.88. The first-order valence-corrected chi connectivity index (χ1v) is 6.06. The van der Waals surface area contributed by atoms with Gasteiger partial charge in [-0.15, -0.1) is 5.10 Å². The van der Waals surface area contributed by atoms with Crippen LogP contribution in [0.25, 0.3) is 0 Å². The summed E-state index contributed by atoms with van der Waals surface area (Å²) in [6.07, 6.45) is 0.137. The molecule has 1 aromatic rings. The summed E-state index contributed by atoms with van der Waals surface area (Å²) < 4.78 is 6.75. The number of ether oxygens (including phenoxy) is 1. The van der Waals surface area contributed by atoms with Crippen LogP contribution in [0.15, 0.2) is 0 Å². The Morgan fingerprint density at radius 2 is 2.11 bits per heavy atom. The van der Waals surface area contributed by atoms with Crippen LogP contribution in [0, 0.1) is 6.92 Å². The lowest BCUT2D eigenvalue weighted by molar-refractivity contribution is 0.00617. The van der Waals surface area contributed by atoms with E-state index in [1.807, 2.05) is 6.92 Å². The minimum Gasteiger partial charge on any atom is -0.455 e.